The number of halogens is 3. The third kappa shape index (κ3) is 6.28. The van der Waals surface area contributed by atoms with E-state index in [-0.39, 0.29) is 17.5 Å². The Balaban J connectivity index is 1.59. The molecule has 3 aromatic rings. The summed E-state index contributed by atoms with van der Waals surface area (Å²) in [7, 11) is 1.66. The van der Waals surface area contributed by atoms with Gasteiger partial charge in [-0.25, -0.2) is 14.8 Å². The number of pyridine rings is 1. The zero-order chi connectivity index (χ0) is 29.4. The molecule has 8 nitrogen and oxygen atoms in total. The molecule has 0 aliphatic carbocycles. The molecule has 0 bridgehead atoms. The number of carbonyl (C=O) groups is 1. The molecule has 3 heterocycles. The van der Waals surface area contributed by atoms with Crippen LogP contribution in [0.25, 0.3) is 11.3 Å². The van der Waals surface area contributed by atoms with Gasteiger partial charge in [0.15, 0.2) is 5.69 Å². The summed E-state index contributed by atoms with van der Waals surface area (Å²) in [5.41, 5.74) is 2.34. The van der Waals surface area contributed by atoms with Gasteiger partial charge in [0.25, 0.3) is 0 Å². The Hall–Kier alpha value is -3.91. The summed E-state index contributed by atoms with van der Waals surface area (Å²) < 4.78 is 41.2. The van der Waals surface area contributed by atoms with Crippen molar-refractivity contribution < 1.29 is 18.0 Å². The number of carbonyl (C=O) groups excluding carboxylic acids is 1. The van der Waals surface area contributed by atoms with E-state index in [1.165, 1.54) is 4.90 Å². The Morgan fingerprint density at radius 2 is 1.90 bits per heavy atom. The first-order valence-electron chi connectivity index (χ1n) is 13.1. The minimum absolute atomic E-state index is 0.0748. The first-order valence-corrected chi connectivity index (χ1v) is 13.1. The smallest absolute Gasteiger partial charge is 0.337 e. The van der Waals surface area contributed by atoms with Crippen molar-refractivity contribution in [2.75, 3.05) is 25.0 Å². The molecule has 0 radical (unpaired) electrons. The summed E-state index contributed by atoms with van der Waals surface area (Å²) in [4.78, 5) is 25.0. The maximum Gasteiger partial charge on any atom is 0.434 e. The number of nitrogens with one attached hydrogen (secondary N) is 1. The molecule has 212 valence electrons. The molecule has 40 heavy (non-hydrogen) atoms. The highest BCUT2D eigenvalue weighted by Gasteiger charge is 2.37. The normalized spacial score (nSPS) is 15.8. The molecule has 0 saturated carbocycles. The minimum Gasteiger partial charge on any atom is -0.337 e. The van der Waals surface area contributed by atoms with Crippen molar-refractivity contribution in [3.05, 3.63) is 64.7 Å². The number of benzene rings is 1. The second-order valence-electron chi connectivity index (χ2n) is 11.4. The molecule has 4 rings (SSSR count). The zero-order valence-corrected chi connectivity index (χ0v) is 23.6. The van der Waals surface area contributed by atoms with E-state index in [4.69, 9.17) is 4.98 Å². The molecule has 0 saturated heterocycles. The van der Waals surface area contributed by atoms with Crippen molar-refractivity contribution in [3.8, 4) is 17.3 Å². The molecular formula is C29H34F3N7O. The van der Waals surface area contributed by atoms with E-state index in [9.17, 15) is 23.2 Å². The lowest BCUT2D eigenvalue weighted by atomic mass is 9.97. The van der Waals surface area contributed by atoms with Gasteiger partial charge in [-0.1, -0.05) is 32.9 Å². The highest BCUT2D eigenvalue weighted by atomic mass is 19.4. The molecular weight excluding hydrogens is 519 g/mol. The van der Waals surface area contributed by atoms with Crippen molar-refractivity contribution in [1.82, 2.24) is 24.8 Å². The lowest BCUT2D eigenvalue weighted by molar-refractivity contribution is -0.141. The predicted molar refractivity (Wildman–Crippen MR) is 146 cm³/mol. The van der Waals surface area contributed by atoms with Crippen LogP contribution in [0.4, 0.5) is 23.8 Å². The quantitative estimate of drug-likeness (QED) is 0.424. The number of anilines is 1. The summed E-state index contributed by atoms with van der Waals surface area (Å²) in [6, 6.07) is 10.8. The molecule has 1 aliphatic rings. The second kappa shape index (κ2) is 10.9. The van der Waals surface area contributed by atoms with Gasteiger partial charge in [-0.05, 0) is 48.6 Å². The molecule has 1 unspecified atom stereocenters. The van der Waals surface area contributed by atoms with Crippen LogP contribution in [-0.4, -0.2) is 45.6 Å². The number of amides is 2. The Kier molecular flexibility index (Phi) is 7.94. The average molecular weight is 554 g/mol. The lowest BCUT2D eigenvalue weighted by Crippen LogP contribution is -2.41. The number of imidazole rings is 1. The van der Waals surface area contributed by atoms with Gasteiger partial charge in [0.05, 0.1) is 23.4 Å². The maximum atomic E-state index is 13.2. The van der Waals surface area contributed by atoms with E-state index >= 15 is 0 Å². The Morgan fingerprint density at radius 3 is 2.55 bits per heavy atom. The van der Waals surface area contributed by atoms with E-state index in [1.54, 1.807) is 17.7 Å². The Morgan fingerprint density at radius 1 is 1.18 bits per heavy atom. The average Bonchev–Trinajstić information content (AvgIpc) is 3.34. The van der Waals surface area contributed by atoms with Gasteiger partial charge in [-0.15, -0.1) is 0 Å². The summed E-state index contributed by atoms with van der Waals surface area (Å²) in [5, 5.41) is 12.7. The summed E-state index contributed by atoms with van der Waals surface area (Å²) in [5.74, 6) is 0.861. The summed E-state index contributed by atoms with van der Waals surface area (Å²) in [6.07, 6.45) is -3.41. The number of alkyl halides is 3. The number of rotatable bonds is 5. The van der Waals surface area contributed by atoms with Gasteiger partial charge < -0.3 is 9.88 Å². The van der Waals surface area contributed by atoms with E-state index in [0.29, 0.717) is 54.6 Å². The van der Waals surface area contributed by atoms with Crippen LogP contribution >= 0.6 is 0 Å². The lowest BCUT2D eigenvalue weighted by Gasteiger charge is -2.33. The first-order chi connectivity index (χ1) is 18.7. The standard InChI is InChI=1S/C29H34F3N7O/c1-18-7-10-23(35-25(18)37(6)27(40)34-17-28(3,4)5)22-13-20(8-9-21(22)14-33)15-38-11-12-39-16-24(29(30,31)32)36-26(39)19(38)2/h7-10,13,16,19H,11-12,15,17H2,1-6H3,(H,34,40). The molecule has 1 atom stereocenters. The number of aryl methyl sites for hydroxylation is 1. The minimum atomic E-state index is -4.49. The molecule has 1 aromatic carbocycles. The van der Waals surface area contributed by atoms with Crippen molar-refractivity contribution >= 4 is 11.8 Å². The number of hydrogen-bond donors (Lipinski definition) is 1. The van der Waals surface area contributed by atoms with E-state index < -0.39 is 11.9 Å². The Bertz CT molecular complexity index is 1450. The van der Waals surface area contributed by atoms with Gasteiger partial charge in [0.1, 0.15) is 11.6 Å². The van der Waals surface area contributed by atoms with Crippen molar-refractivity contribution in [1.29, 1.82) is 5.26 Å². The fraction of sp³-hybridized carbons (Fsp3) is 0.448. The topological polar surface area (TPSA) is 90.1 Å². The van der Waals surface area contributed by atoms with Gasteiger partial charge in [0, 0.05) is 45.0 Å². The molecule has 1 aliphatic heterocycles. The molecule has 1 N–H and O–H groups in total. The van der Waals surface area contributed by atoms with E-state index in [2.05, 4.69) is 21.3 Å². The van der Waals surface area contributed by atoms with Gasteiger partial charge in [0.2, 0.25) is 0 Å². The van der Waals surface area contributed by atoms with Crippen LogP contribution in [0.3, 0.4) is 0 Å². The second-order valence-corrected chi connectivity index (χ2v) is 11.4. The fourth-order valence-electron chi connectivity index (χ4n) is 4.69. The molecule has 0 spiro atoms. The molecule has 11 heteroatoms. The number of aromatic nitrogens is 3. The van der Waals surface area contributed by atoms with Crippen LogP contribution in [0, 0.1) is 23.7 Å². The van der Waals surface area contributed by atoms with E-state index in [0.717, 1.165) is 17.3 Å². The molecule has 2 amide bonds. The predicted octanol–water partition coefficient (Wildman–Crippen LogP) is 5.91. The Labute approximate surface area is 232 Å². The van der Waals surface area contributed by atoms with Crippen molar-refractivity contribution in [2.45, 2.75) is 59.9 Å². The fourth-order valence-corrected chi connectivity index (χ4v) is 4.69. The number of fused-ring (bicyclic) bond motifs is 1. The largest absolute Gasteiger partial charge is 0.434 e. The number of urea groups is 1. The number of nitrogens with zero attached hydrogens (tertiary/aromatic N) is 6. The van der Waals surface area contributed by atoms with Gasteiger partial charge in [-0.2, -0.15) is 18.4 Å². The van der Waals surface area contributed by atoms with Crippen molar-refractivity contribution in [2.24, 2.45) is 5.41 Å². The monoisotopic (exact) mass is 553 g/mol. The van der Waals surface area contributed by atoms with Crippen LogP contribution in [0.15, 0.2) is 36.5 Å². The van der Waals surface area contributed by atoms with E-state index in [1.807, 2.05) is 58.9 Å². The highest BCUT2D eigenvalue weighted by Crippen LogP contribution is 2.34. The third-order valence-corrected chi connectivity index (χ3v) is 6.98. The first kappa shape index (κ1) is 29.1. The van der Waals surface area contributed by atoms with Crippen LogP contribution in [0.5, 0.6) is 0 Å². The molecule has 2 aromatic heterocycles. The summed E-state index contributed by atoms with van der Waals surface area (Å²) in [6.45, 7) is 11.7. The van der Waals surface area contributed by atoms with Crippen LogP contribution in [-0.2, 0) is 19.3 Å². The van der Waals surface area contributed by atoms with Gasteiger partial charge in [-0.3, -0.25) is 9.80 Å². The molecule has 0 fully saturated rings. The van der Waals surface area contributed by atoms with Crippen molar-refractivity contribution in [3.63, 3.8) is 0 Å². The SMILES string of the molecule is Cc1ccc(-c2cc(CN3CCn4cc(C(F)(F)F)nc4C3C)ccc2C#N)nc1N(C)C(=O)NCC(C)(C)C. The summed E-state index contributed by atoms with van der Waals surface area (Å²) >= 11 is 0. The van der Waals surface area contributed by atoms with Gasteiger partial charge >= 0.3 is 12.2 Å². The number of nitriles is 1. The number of hydrogen-bond acceptors (Lipinski definition) is 5. The van der Waals surface area contributed by atoms with Crippen LogP contribution in [0.1, 0.15) is 61.9 Å². The van der Waals surface area contributed by atoms with Crippen LogP contribution < -0.4 is 10.2 Å². The maximum absolute atomic E-state index is 13.2. The zero-order valence-electron chi connectivity index (χ0n) is 23.6. The highest BCUT2D eigenvalue weighted by molar-refractivity contribution is 5.91. The third-order valence-electron chi connectivity index (χ3n) is 6.98. The van der Waals surface area contributed by atoms with Crippen LogP contribution in [0.2, 0.25) is 0 Å².